The van der Waals surface area contributed by atoms with Gasteiger partial charge in [-0.25, -0.2) is 15.0 Å². The van der Waals surface area contributed by atoms with Crippen LogP contribution in [0.2, 0.25) is 0 Å². The molecule has 0 radical (unpaired) electrons. The molecule has 9 heteroatoms. The van der Waals surface area contributed by atoms with Gasteiger partial charge in [-0.05, 0) is 39.8 Å². The number of rotatable bonds is 6. The summed E-state index contributed by atoms with van der Waals surface area (Å²) in [6.45, 7) is 15.6. The highest BCUT2D eigenvalue weighted by atomic mass is 16.3. The van der Waals surface area contributed by atoms with E-state index in [0.717, 1.165) is 63.4 Å². The summed E-state index contributed by atoms with van der Waals surface area (Å²) in [6.07, 6.45) is 4.15. The molecule has 174 valence electrons. The molecule has 0 atom stereocenters. The van der Waals surface area contributed by atoms with Crippen LogP contribution in [0.5, 0.6) is 0 Å². The highest BCUT2D eigenvalue weighted by molar-refractivity contribution is 5.50. The van der Waals surface area contributed by atoms with E-state index < -0.39 is 0 Å². The summed E-state index contributed by atoms with van der Waals surface area (Å²) in [7, 11) is 0. The van der Waals surface area contributed by atoms with Crippen LogP contribution in [0.1, 0.15) is 33.5 Å². The van der Waals surface area contributed by atoms with E-state index >= 15 is 0 Å². The smallest absolute Gasteiger partial charge is 0.227 e. The topological polar surface area (TPSA) is 84.8 Å². The summed E-state index contributed by atoms with van der Waals surface area (Å²) in [5.41, 5.74) is -0.128. The lowest BCUT2D eigenvalue weighted by atomic mass is 9.98. The SMILES string of the molecule is CC(C)N1CCN(c2nccc(N3CCN(c4ccnc(CCO)n4)C(C)(C)C3)n2)CC1. The van der Waals surface area contributed by atoms with E-state index in [1.807, 2.05) is 18.3 Å². The van der Waals surface area contributed by atoms with Crippen molar-refractivity contribution in [2.45, 2.75) is 45.7 Å². The number of piperazine rings is 2. The van der Waals surface area contributed by atoms with Gasteiger partial charge in [0.15, 0.2) is 0 Å². The Balaban J connectivity index is 1.45. The average molecular weight is 441 g/mol. The number of anilines is 3. The zero-order valence-corrected chi connectivity index (χ0v) is 19.8. The van der Waals surface area contributed by atoms with Crippen LogP contribution < -0.4 is 14.7 Å². The summed E-state index contributed by atoms with van der Waals surface area (Å²) in [6, 6.07) is 4.55. The van der Waals surface area contributed by atoms with Gasteiger partial charge in [-0.15, -0.1) is 0 Å². The van der Waals surface area contributed by atoms with Crippen LogP contribution >= 0.6 is 0 Å². The number of aliphatic hydroxyl groups excluding tert-OH is 1. The van der Waals surface area contributed by atoms with E-state index in [0.29, 0.717) is 18.3 Å². The Morgan fingerprint density at radius 1 is 0.906 bits per heavy atom. The highest BCUT2D eigenvalue weighted by Gasteiger charge is 2.35. The lowest BCUT2D eigenvalue weighted by Crippen LogP contribution is -2.60. The monoisotopic (exact) mass is 440 g/mol. The first kappa shape index (κ1) is 22.7. The second kappa shape index (κ2) is 9.54. The van der Waals surface area contributed by atoms with Crippen molar-refractivity contribution >= 4 is 17.6 Å². The molecule has 0 aliphatic carbocycles. The Labute approximate surface area is 191 Å². The standard InChI is InChI=1S/C23H36N8O/c1-18(2)28-10-12-29(13-11-28)22-25-9-5-20(27-22)30-14-15-31(23(3,4)17-30)21-6-8-24-19(26-21)7-16-32/h5-6,8-9,18,32H,7,10-17H2,1-4H3. The van der Waals surface area contributed by atoms with Crippen LogP contribution in [0, 0.1) is 0 Å². The molecule has 0 unspecified atom stereocenters. The molecule has 2 aromatic rings. The fourth-order valence-electron chi connectivity index (χ4n) is 4.64. The summed E-state index contributed by atoms with van der Waals surface area (Å²) in [4.78, 5) is 27.9. The van der Waals surface area contributed by atoms with Gasteiger partial charge in [-0.3, -0.25) is 4.90 Å². The van der Waals surface area contributed by atoms with Gasteiger partial charge in [0.1, 0.15) is 17.5 Å². The summed E-state index contributed by atoms with van der Waals surface area (Å²) in [5.74, 6) is 3.41. The highest BCUT2D eigenvalue weighted by Crippen LogP contribution is 2.29. The van der Waals surface area contributed by atoms with Crippen LogP contribution in [0.3, 0.4) is 0 Å². The summed E-state index contributed by atoms with van der Waals surface area (Å²) in [5, 5.41) is 9.22. The third-order valence-corrected chi connectivity index (χ3v) is 6.48. The van der Waals surface area contributed by atoms with Crippen molar-refractivity contribution in [2.75, 3.05) is 67.1 Å². The number of nitrogens with zero attached hydrogens (tertiary/aromatic N) is 8. The van der Waals surface area contributed by atoms with Crippen molar-refractivity contribution in [1.82, 2.24) is 24.8 Å². The van der Waals surface area contributed by atoms with Crippen molar-refractivity contribution in [3.8, 4) is 0 Å². The molecule has 0 aromatic carbocycles. The Bertz CT molecular complexity index is 897. The molecule has 1 N–H and O–H groups in total. The van der Waals surface area contributed by atoms with Gasteiger partial charge in [-0.2, -0.15) is 4.98 Å². The minimum Gasteiger partial charge on any atom is -0.396 e. The maximum absolute atomic E-state index is 9.22. The van der Waals surface area contributed by atoms with Crippen LogP contribution in [0.4, 0.5) is 17.6 Å². The van der Waals surface area contributed by atoms with E-state index in [9.17, 15) is 5.11 Å². The Hall–Kier alpha value is -2.52. The Kier molecular flexibility index (Phi) is 6.76. The summed E-state index contributed by atoms with van der Waals surface area (Å²) >= 11 is 0. The normalized spacial score (nSPS) is 19.6. The van der Waals surface area contributed by atoms with Crippen LogP contribution in [-0.2, 0) is 6.42 Å². The van der Waals surface area contributed by atoms with Gasteiger partial charge >= 0.3 is 0 Å². The second-order valence-corrected chi connectivity index (χ2v) is 9.52. The number of aliphatic hydroxyl groups is 1. The predicted octanol–water partition coefficient (Wildman–Crippen LogP) is 1.44. The van der Waals surface area contributed by atoms with Gasteiger partial charge in [0.05, 0.1) is 12.1 Å². The molecule has 2 aromatic heterocycles. The Morgan fingerprint density at radius 3 is 2.28 bits per heavy atom. The van der Waals surface area contributed by atoms with Crippen molar-refractivity contribution < 1.29 is 5.11 Å². The van der Waals surface area contributed by atoms with Crippen LogP contribution in [-0.4, -0.2) is 93.9 Å². The fraction of sp³-hybridized carbons (Fsp3) is 0.652. The largest absolute Gasteiger partial charge is 0.396 e. The molecule has 32 heavy (non-hydrogen) atoms. The zero-order chi connectivity index (χ0) is 22.7. The molecule has 0 spiro atoms. The van der Waals surface area contributed by atoms with Crippen LogP contribution in [0.15, 0.2) is 24.5 Å². The average Bonchev–Trinajstić information content (AvgIpc) is 2.79. The maximum atomic E-state index is 9.22. The molecule has 4 rings (SSSR count). The van der Waals surface area contributed by atoms with E-state index in [1.165, 1.54) is 0 Å². The molecular weight excluding hydrogens is 404 g/mol. The minimum atomic E-state index is -0.128. The number of hydrogen-bond acceptors (Lipinski definition) is 9. The first-order valence-electron chi connectivity index (χ1n) is 11.6. The Morgan fingerprint density at radius 2 is 1.59 bits per heavy atom. The van der Waals surface area contributed by atoms with Gasteiger partial charge in [0.2, 0.25) is 5.95 Å². The minimum absolute atomic E-state index is 0.0587. The summed E-state index contributed by atoms with van der Waals surface area (Å²) < 4.78 is 0. The molecule has 2 aliphatic rings. The van der Waals surface area contributed by atoms with Crippen molar-refractivity contribution in [2.24, 2.45) is 0 Å². The lowest BCUT2D eigenvalue weighted by Gasteiger charge is -2.48. The molecule has 9 nitrogen and oxygen atoms in total. The quantitative estimate of drug-likeness (QED) is 0.717. The molecule has 0 saturated carbocycles. The van der Waals surface area contributed by atoms with Gasteiger partial charge in [-0.1, -0.05) is 0 Å². The van der Waals surface area contributed by atoms with Gasteiger partial charge in [0, 0.05) is 70.7 Å². The first-order valence-corrected chi connectivity index (χ1v) is 11.6. The van der Waals surface area contributed by atoms with Crippen molar-refractivity contribution in [1.29, 1.82) is 0 Å². The second-order valence-electron chi connectivity index (χ2n) is 9.52. The molecule has 0 bridgehead atoms. The maximum Gasteiger partial charge on any atom is 0.227 e. The molecule has 0 amide bonds. The predicted molar refractivity (Wildman–Crippen MR) is 127 cm³/mol. The van der Waals surface area contributed by atoms with Crippen molar-refractivity contribution in [3.63, 3.8) is 0 Å². The molecule has 4 heterocycles. The zero-order valence-electron chi connectivity index (χ0n) is 19.8. The fourth-order valence-corrected chi connectivity index (χ4v) is 4.64. The number of aromatic nitrogens is 4. The van der Waals surface area contributed by atoms with Crippen molar-refractivity contribution in [3.05, 3.63) is 30.4 Å². The molecule has 2 aliphatic heterocycles. The molecular formula is C23H36N8O. The van der Waals surface area contributed by atoms with Gasteiger partial charge < -0.3 is 19.8 Å². The van der Waals surface area contributed by atoms with E-state index in [-0.39, 0.29) is 12.1 Å². The lowest BCUT2D eigenvalue weighted by molar-refractivity contribution is 0.208. The van der Waals surface area contributed by atoms with E-state index in [2.05, 4.69) is 62.2 Å². The molecule has 2 fully saturated rings. The van der Waals surface area contributed by atoms with Gasteiger partial charge in [0.25, 0.3) is 0 Å². The van der Waals surface area contributed by atoms with Crippen LogP contribution in [0.25, 0.3) is 0 Å². The molecule has 2 saturated heterocycles. The van der Waals surface area contributed by atoms with E-state index in [1.54, 1.807) is 6.20 Å². The van der Waals surface area contributed by atoms with E-state index in [4.69, 9.17) is 4.98 Å². The first-order chi connectivity index (χ1) is 15.4. The third-order valence-electron chi connectivity index (χ3n) is 6.48. The third kappa shape index (κ3) is 4.94. The number of hydrogen-bond donors (Lipinski definition) is 1.